The molecule has 0 spiro atoms. The molecule has 1 N–H and O–H groups in total. The van der Waals surface area contributed by atoms with Gasteiger partial charge in [-0.2, -0.15) is 5.26 Å². The van der Waals surface area contributed by atoms with E-state index in [1.807, 2.05) is 31.2 Å². The Morgan fingerprint density at radius 1 is 1.30 bits per heavy atom. The lowest BCUT2D eigenvalue weighted by atomic mass is 9.86. The second-order valence-corrected chi connectivity index (χ2v) is 8.37. The maximum Gasteiger partial charge on any atom is 0.229 e. The van der Waals surface area contributed by atoms with Crippen molar-refractivity contribution in [1.29, 1.82) is 5.26 Å². The number of anilines is 1. The zero-order valence-electron chi connectivity index (χ0n) is 16.3. The number of aromatic hydroxyl groups is 1. The van der Waals surface area contributed by atoms with Crippen molar-refractivity contribution in [3.8, 4) is 17.6 Å². The van der Waals surface area contributed by atoms with Crippen LogP contribution in [-0.2, 0) is 4.79 Å². The number of hydrogen-bond donors (Lipinski definition) is 1. The van der Waals surface area contributed by atoms with Crippen LogP contribution in [0.2, 0.25) is 5.02 Å². The van der Waals surface area contributed by atoms with Crippen LogP contribution in [-0.4, -0.2) is 35.1 Å². The smallest absolute Gasteiger partial charge is 0.229 e. The highest BCUT2D eigenvalue weighted by atomic mass is 35.5. The Kier molecular flexibility index (Phi) is 5.80. The van der Waals surface area contributed by atoms with Crippen molar-refractivity contribution in [2.45, 2.75) is 19.3 Å². The molecule has 1 saturated heterocycles. The Bertz CT molecular complexity index is 1050. The number of fused-ring (bicyclic) bond motifs is 1. The number of carbonyl (C=O) groups is 1. The fourth-order valence-electron chi connectivity index (χ4n) is 3.68. The number of allylic oxidation sites excluding steroid dienone is 1. The van der Waals surface area contributed by atoms with Crippen molar-refractivity contribution >= 4 is 35.0 Å². The van der Waals surface area contributed by atoms with Gasteiger partial charge in [0, 0.05) is 23.0 Å². The molecule has 1 atom stereocenters. The number of amides is 1. The van der Waals surface area contributed by atoms with E-state index < -0.39 is 0 Å². The number of benzene rings is 2. The number of halogens is 1. The van der Waals surface area contributed by atoms with Crippen LogP contribution in [0.4, 0.5) is 5.69 Å². The van der Waals surface area contributed by atoms with Crippen molar-refractivity contribution in [1.82, 2.24) is 4.90 Å². The van der Waals surface area contributed by atoms with Gasteiger partial charge in [-0.1, -0.05) is 29.4 Å². The lowest BCUT2D eigenvalue weighted by molar-refractivity contribution is -0.129. The Morgan fingerprint density at radius 2 is 2.07 bits per heavy atom. The van der Waals surface area contributed by atoms with Gasteiger partial charge in [0.2, 0.25) is 5.91 Å². The van der Waals surface area contributed by atoms with Gasteiger partial charge < -0.3 is 14.7 Å². The van der Waals surface area contributed by atoms with Crippen LogP contribution in [0.5, 0.6) is 11.5 Å². The summed E-state index contributed by atoms with van der Waals surface area (Å²) in [5, 5.41) is 21.3. The highest BCUT2D eigenvalue weighted by Gasteiger charge is 2.38. The van der Waals surface area contributed by atoms with E-state index in [2.05, 4.69) is 11.0 Å². The van der Waals surface area contributed by atoms with Gasteiger partial charge >= 0.3 is 0 Å². The Hall–Kier alpha value is -2.82. The number of ether oxygens (including phenoxy) is 1. The minimum absolute atomic E-state index is 0.0359. The maximum atomic E-state index is 13.0. The van der Waals surface area contributed by atoms with Gasteiger partial charge in [-0.05, 0) is 48.9 Å². The number of nitriles is 1. The van der Waals surface area contributed by atoms with E-state index in [-0.39, 0.29) is 24.0 Å². The fourth-order valence-corrected chi connectivity index (χ4v) is 4.97. The van der Waals surface area contributed by atoms with Crippen LogP contribution in [0.1, 0.15) is 24.8 Å². The van der Waals surface area contributed by atoms with Crippen LogP contribution in [0.15, 0.2) is 53.1 Å². The first-order chi connectivity index (χ1) is 14.5. The molecule has 0 aromatic heterocycles. The van der Waals surface area contributed by atoms with Gasteiger partial charge in [-0.25, -0.2) is 0 Å². The van der Waals surface area contributed by atoms with Gasteiger partial charge in [-0.15, -0.1) is 0 Å². The monoisotopic (exact) mass is 441 g/mol. The minimum atomic E-state index is -0.358. The summed E-state index contributed by atoms with van der Waals surface area (Å²) < 4.78 is 5.48. The molecular weight excluding hydrogens is 422 g/mol. The number of phenolic OH excluding ortho intramolecular Hbond substituents is 1. The van der Waals surface area contributed by atoms with Gasteiger partial charge in [0.15, 0.2) is 11.5 Å². The second kappa shape index (κ2) is 8.50. The van der Waals surface area contributed by atoms with E-state index in [1.165, 1.54) is 11.8 Å². The summed E-state index contributed by atoms with van der Waals surface area (Å²) in [5.41, 5.74) is 2.33. The lowest BCUT2D eigenvalue weighted by Gasteiger charge is -2.42. The molecule has 8 heteroatoms. The van der Waals surface area contributed by atoms with Crippen molar-refractivity contribution in [3.63, 3.8) is 0 Å². The Balaban J connectivity index is 1.65. The maximum absolute atomic E-state index is 13.0. The highest BCUT2D eigenvalue weighted by Crippen LogP contribution is 2.44. The molecule has 4 rings (SSSR count). The van der Waals surface area contributed by atoms with Crippen LogP contribution in [0.3, 0.4) is 0 Å². The van der Waals surface area contributed by atoms with Crippen LogP contribution < -0.4 is 9.64 Å². The van der Waals surface area contributed by atoms with Crippen LogP contribution in [0.25, 0.3) is 0 Å². The average molecular weight is 442 g/mol. The molecule has 2 aromatic carbocycles. The first kappa shape index (κ1) is 20.5. The summed E-state index contributed by atoms with van der Waals surface area (Å²) in [6, 6.07) is 14.8. The summed E-state index contributed by atoms with van der Waals surface area (Å²) in [6.07, 6.45) is 0.192. The van der Waals surface area contributed by atoms with Crippen molar-refractivity contribution in [2.24, 2.45) is 0 Å². The van der Waals surface area contributed by atoms with Gasteiger partial charge in [0.1, 0.15) is 0 Å². The zero-order valence-corrected chi connectivity index (χ0v) is 17.9. The van der Waals surface area contributed by atoms with Crippen molar-refractivity contribution < 1.29 is 14.6 Å². The normalized spacial score (nSPS) is 18.8. The van der Waals surface area contributed by atoms with Crippen LogP contribution in [0, 0.1) is 11.3 Å². The van der Waals surface area contributed by atoms with E-state index in [4.69, 9.17) is 16.3 Å². The topological polar surface area (TPSA) is 76.8 Å². The predicted molar refractivity (Wildman–Crippen MR) is 117 cm³/mol. The SMILES string of the molecule is CCOc1cc(C2CC(=O)N3CN(c4ccc(Cl)cc4)CSC3=C2C#N)ccc1O. The van der Waals surface area contributed by atoms with Crippen molar-refractivity contribution in [2.75, 3.05) is 24.1 Å². The number of thioether (sulfide) groups is 1. The molecule has 2 heterocycles. The van der Waals surface area contributed by atoms with Crippen molar-refractivity contribution in [3.05, 3.63) is 63.7 Å². The molecule has 2 aliphatic heterocycles. The first-order valence-electron chi connectivity index (χ1n) is 9.55. The number of phenols is 1. The minimum Gasteiger partial charge on any atom is -0.504 e. The fraction of sp³-hybridized carbons (Fsp3) is 0.273. The third-order valence-electron chi connectivity index (χ3n) is 5.17. The third-order valence-corrected chi connectivity index (χ3v) is 6.58. The zero-order chi connectivity index (χ0) is 21.3. The standard InChI is InChI=1S/C22H20ClN3O3S/c1-2-29-20-9-14(3-8-19(20)27)17-10-21(28)26-12-25(13-30-22(26)18(17)11-24)16-6-4-15(23)5-7-16/h3-9,17,27H,2,10,12-13H2,1H3. The lowest BCUT2D eigenvalue weighted by Crippen LogP contribution is -2.47. The highest BCUT2D eigenvalue weighted by molar-refractivity contribution is 8.03. The van der Waals surface area contributed by atoms with E-state index >= 15 is 0 Å². The largest absolute Gasteiger partial charge is 0.504 e. The summed E-state index contributed by atoms with van der Waals surface area (Å²) in [4.78, 5) is 16.8. The molecule has 154 valence electrons. The molecule has 1 amide bonds. The quantitative estimate of drug-likeness (QED) is 0.743. The number of nitrogens with zero attached hydrogens (tertiary/aromatic N) is 3. The van der Waals surface area contributed by atoms with E-state index in [9.17, 15) is 15.2 Å². The average Bonchev–Trinajstić information content (AvgIpc) is 2.76. The number of rotatable bonds is 4. The molecular formula is C22H20ClN3O3S. The Labute approximate surface area is 184 Å². The molecule has 0 saturated carbocycles. The molecule has 1 unspecified atom stereocenters. The summed E-state index contributed by atoms with van der Waals surface area (Å²) >= 11 is 7.46. The first-order valence-corrected chi connectivity index (χ1v) is 10.9. The Morgan fingerprint density at radius 3 is 2.77 bits per heavy atom. The molecule has 2 aromatic rings. The summed E-state index contributed by atoms with van der Waals surface area (Å²) in [7, 11) is 0. The van der Waals surface area contributed by atoms with E-state index in [0.717, 1.165) is 11.3 Å². The second-order valence-electron chi connectivity index (χ2n) is 7.00. The van der Waals surface area contributed by atoms with Gasteiger partial charge in [0.25, 0.3) is 0 Å². The van der Waals surface area contributed by atoms with Gasteiger partial charge in [0.05, 0.1) is 35.8 Å². The van der Waals surface area contributed by atoms with Gasteiger partial charge in [-0.3, -0.25) is 9.69 Å². The predicted octanol–water partition coefficient (Wildman–Crippen LogP) is 4.66. The number of hydrogen-bond acceptors (Lipinski definition) is 6. The molecule has 2 aliphatic rings. The summed E-state index contributed by atoms with van der Waals surface area (Å²) in [6.45, 7) is 2.64. The summed E-state index contributed by atoms with van der Waals surface area (Å²) in [5.74, 6) is 0.631. The molecule has 0 bridgehead atoms. The van der Waals surface area contributed by atoms with E-state index in [0.29, 0.717) is 40.5 Å². The molecule has 30 heavy (non-hydrogen) atoms. The molecule has 0 aliphatic carbocycles. The molecule has 6 nitrogen and oxygen atoms in total. The van der Waals surface area contributed by atoms with E-state index in [1.54, 1.807) is 23.1 Å². The molecule has 1 fully saturated rings. The third kappa shape index (κ3) is 3.81. The van der Waals surface area contributed by atoms with Crippen LogP contribution >= 0.6 is 23.4 Å². The molecule has 0 radical (unpaired) electrons. The number of carbonyl (C=O) groups excluding carboxylic acids is 1.